The summed E-state index contributed by atoms with van der Waals surface area (Å²) in [7, 11) is 1.57. The van der Waals surface area contributed by atoms with Gasteiger partial charge in [-0.3, -0.25) is 4.79 Å². The van der Waals surface area contributed by atoms with Crippen molar-refractivity contribution in [1.82, 2.24) is 19.8 Å². The van der Waals surface area contributed by atoms with Crippen LogP contribution in [0.5, 0.6) is 5.75 Å². The number of anilines is 1. The number of rotatable bonds is 5. The quantitative estimate of drug-likeness (QED) is 0.548. The Labute approximate surface area is 166 Å². The predicted molar refractivity (Wildman–Crippen MR) is 109 cm³/mol. The average molecular weight is 393 g/mol. The van der Waals surface area contributed by atoms with Crippen LogP contribution in [0.3, 0.4) is 0 Å². The number of carbonyl (C=O) groups is 1. The highest BCUT2D eigenvalue weighted by molar-refractivity contribution is 7.19. The van der Waals surface area contributed by atoms with Crippen LogP contribution in [0.2, 0.25) is 0 Å². The first-order valence-electron chi connectivity index (χ1n) is 8.81. The van der Waals surface area contributed by atoms with Crippen molar-refractivity contribution in [1.29, 1.82) is 0 Å². The van der Waals surface area contributed by atoms with E-state index in [-0.39, 0.29) is 5.91 Å². The maximum atomic E-state index is 12.7. The minimum Gasteiger partial charge on any atom is -0.495 e. The molecule has 8 heteroatoms. The van der Waals surface area contributed by atoms with Gasteiger partial charge >= 0.3 is 0 Å². The Morgan fingerprint density at radius 1 is 1.18 bits per heavy atom. The molecule has 0 spiro atoms. The topological polar surface area (TPSA) is 81.4 Å². The first-order chi connectivity index (χ1) is 13.5. The molecule has 142 valence electrons. The first-order valence-corrected chi connectivity index (χ1v) is 9.63. The molecule has 0 bridgehead atoms. The number of nitrogens with one attached hydrogen (secondary N) is 1. The third kappa shape index (κ3) is 3.46. The fourth-order valence-electron chi connectivity index (χ4n) is 2.83. The molecular formula is C20H19N5O2S. The summed E-state index contributed by atoms with van der Waals surface area (Å²) in [4.78, 5) is 13.4. The van der Waals surface area contributed by atoms with Crippen LogP contribution in [0.25, 0.3) is 15.5 Å². The molecule has 1 amide bonds. The molecule has 2 aromatic carbocycles. The zero-order valence-electron chi connectivity index (χ0n) is 15.7. The van der Waals surface area contributed by atoms with Crippen LogP contribution in [0, 0.1) is 0 Å². The van der Waals surface area contributed by atoms with Crippen LogP contribution in [0.15, 0.2) is 48.8 Å². The normalized spacial score (nSPS) is 11.1. The summed E-state index contributed by atoms with van der Waals surface area (Å²) >= 11 is 1.42. The van der Waals surface area contributed by atoms with Gasteiger partial charge in [0.25, 0.3) is 5.91 Å². The van der Waals surface area contributed by atoms with E-state index in [0.29, 0.717) is 27.9 Å². The van der Waals surface area contributed by atoms with Crippen molar-refractivity contribution < 1.29 is 9.53 Å². The predicted octanol–water partition coefficient (Wildman–Crippen LogP) is 4.24. The Kier molecular flexibility index (Phi) is 4.79. The molecule has 0 fully saturated rings. The van der Waals surface area contributed by atoms with Gasteiger partial charge in [0, 0.05) is 11.1 Å². The third-order valence-corrected chi connectivity index (χ3v) is 5.38. The summed E-state index contributed by atoms with van der Waals surface area (Å²) in [6, 6.07) is 13.2. The molecule has 2 aromatic heterocycles. The summed E-state index contributed by atoms with van der Waals surface area (Å²) in [6.07, 6.45) is 1.56. The molecule has 4 aromatic rings. The van der Waals surface area contributed by atoms with E-state index in [2.05, 4.69) is 34.5 Å². The maximum absolute atomic E-state index is 12.7. The molecule has 0 atom stereocenters. The van der Waals surface area contributed by atoms with Crippen molar-refractivity contribution in [2.45, 2.75) is 19.8 Å². The standard InChI is InChI=1S/C20H19N5O2S/c1-12(2)13-4-6-14(7-5-13)18(26)22-16-10-15(8-9-17(16)27-3)19-24-25-11-21-23-20(25)28-19/h4-12H,1-3H3,(H,22,26). The number of fused-ring (bicyclic) bond motifs is 1. The van der Waals surface area contributed by atoms with Crippen molar-refractivity contribution in [3.05, 3.63) is 59.9 Å². The third-order valence-electron chi connectivity index (χ3n) is 4.42. The van der Waals surface area contributed by atoms with Gasteiger partial charge in [0.2, 0.25) is 4.96 Å². The number of hydrogen-bond donors (Lipinski definition) is 1. The van der Waals surface area contributed by atoms with Gasteiger partial charge in [-0.25, -0.2) is 0 Å². The minimum absolute atomic E-state index is 0.191. The van der Waals surface area contributed by atoms with Gasteiger partial charge in [0.1, 0.15) is 17.1 Å². The Morgan fingerprint density at radius 2 is 1.96 bits per heavy atom. The van der Waals surface area contributed by atoms with Gasteiger partial charge in [-0.15, -0.1) is 10.2 Å². The molecular weight excluding hydrogens is 374 g/mol. The summed E-state index contributed by atoms with van der Waals surface area (Å²) in [5.74, 6) is 0.811. The molecule has 1 N–H and O–H groups in total. The molecule has 0 aliphatic carbocycles. The van der Waals surface area contributed by atoms with Crippen LogP contribution >= 0.6 is 11.3 Å². The largest absolute Gasteiger partial charge is 0.495 e. The zero-order chi connectivity index (χ0) is 19.7. The second kappa shape index (κ2) is 7.40. The number of ether oxygens (including phenoxy) is 1. The van der Waals surface area contributed by atoms with Gasteiger partial charge in [-0.2, -0.15) is 9.61 Å². The van der Waals surface area contributed by atoms with E-state index in [1.54, 1.807) is 18.0 Å². The van der Waals surface area contributed by atoms with Crippen LogP contribution in [-0.2, 0) is 0 Å². The number of methoxy groups -OCH3 is 1. The molecule has 7 nitrogen and oxygen atoms in total. The van der Waals surface area contributed by atoms with Crippen LogP contribution in [-0.4, -0.2) is 32.8 Å². The number of benzene rings is 2. The van der Waals surface area contributed by atoms with Crippen LogP contribution < -0.4 is 10.1 Å². The van der Waals surface area contributed by atoms with E-state index >= 15 is 0 Å². The molecule has 28 heavy (non-hydrogen) atoms. The molecule has 0 aliphatic rings. The Hall–Kier alpha value is -3.26. The van der Waals surface area contributed by atoms with Gasteiger partial charge in [-0.05, 0) is 41.8 Å². The number of hydrogen-bond acceptors (Lipinski definition) is 6. The lowest BCUT2D eigenvalue weighted by molar-refractivity contribution is 0.102. The second-order valence-corrected chi connectivity index (χ2v) is 7.57. The monoisotopic (exact) mass is 393 g/mol. The SMILES string of the molecule is COc1ccc(-c2nn3cnnc3s2)cc1NC(=O)c1ccc(C(C)C)cc1. The van der Waals surface area contributed by atoms with Crippen molar-refractivity contribution >= 4 is 27.9 Å². The van der Waals surface area contributed by atoms with E-state index in [0.717, 1.165) is 10.6 Å². The van der Waals surface area contributed by atoms with Gasteiger partial charge < -0.3 is 10.1 Å². The number of carbonyl (C=O) groups excluding carboxylic acids is 1. The van der Waals surface area contributed by atoms with Crippen molar-refractivity contribution in [2.75, 3.05) is 12.4 Å². The number of nitrogens with zero attached hydrogens (tertiary/aromatic N) is 4. The molecule has 2 heterocycles. The molecule has 0 saturated carbocycles. The fourth-order valence-corrected chi connectivity index (χ4v) is 3.65. The molecule has 0 aliphatic heterocycles. The fraction of sp³-hybridized carbons (Fsp3) is 0.200. The lowest BCUT2D eigenvalue weighted by atomic mass is 10.0. The van der Waals surface area contributed by atoms with E-state index in [9.17, 15) is 4.79 Å². The van der Waals surface area contributed by atoms with E-state index in [4.69, 9.17) is 4.74 Å². The summed E-state index contributed by atoms with van der Waals surface area (Å²) in [6.45, 7) is 4.24. The maximum Gasteiger partial charge on any atom is 0.255 e. The molecule has 0 saturated heterocycles. The molecule has 0 radical (unpaired) electrons. The Morgan fingerprint density at radius 3 is 2.64 bits per heavy atom. The lowest BCUT2D eigenvalue weighted by Crippen LogP contribution is -2.12. The summed E-state index contributed by atoms with van der Waals surface area (Å²) in [5, 5.41) is 16.0. The Balaban J connectivity index is 1.62. The van der Waals surface area contributed by atoms with Gasteiger partial charge in [-0.1, -0.05) is 37.3 Å². The summed E-state index contributed by atoms with van der Waals surface area (Å²) in [5.41, 5.74) is 3.24. The minimum atomic E-state index is -0.191. The van der Waals surface area contributed by atoms with Crippen molar-refractivity contribution in [3.63, 3.8) is 0 Å². The van der Waals surface area contributed by atoms with E-state index in [1.165, 1.54) is 16.9 Å². The highest BCUT2D eigenvalue weighted by Crippen LogP contribution is 2.32. The smallest absolute Gasteiger partial charge is 0.255 e. The van der Waals surface area contributed by atoms with Crippen LogP contribution in [0.4, 0.5) is 5.69 Å². The van der Waals surface area contributed by atoms with Gasteiger partial charge in [0.15, 0.2) is 0 Å². The average Bonchev–Trinajstić information content (AvgIpc) is 3.30. The van der Waals surface area contributed by atoms with Gasteiger partial charge in [0.05, 0.1) is 12.8 Å². The molecule has 0 unspecified atom stereocenters. The first kappa shape index (κ1) is 18.1. The Bertz CT molecular complexity index is 1100. The number of aromatic nitrogens is 4. The summed E-state index contributed by atoms with van der Waals surface area (Å²) < 4.78 is 7.03. The van der Waals surface area contributed by atoms with E-state index in [1.807, 2.05) is 42.5 Å². The van der Waals surface area contributed by atoms with Crippen molar-refractivity contribution in [2.24, 2.45) is 0 Å². The zero-order valence-corrected chi connectivity index (χ0v) is 16.5. The van der Waals surface area contributed by atoms with Crippen LogP contribution in [0.1, 0.15) is 35.7 Å². The van der Waals surface area contributed by atoms with E-state index < -0.39 is 0 Å². The highest BCUT2D eigenvalue weighted by atomic mass is 32.1. The number of amides is 1. The molecule has 4 rings (SSSR count). The van der Waals surface area contributed by atoms with Crippen molar-refractivity contribution in [3.8, 4) is 16.3 Å². The lowest BCUT2D eigenvalue weighted by Gasteiger charge is -2.12. The highest BCUT2D eigenvalue weighted by Gasteiger charge is 2.14. The second-order valence-electron chi connectivity index (χ2n) is 6.61.